The van der Waals surface area contributed by atoms with Crippen molar-refractivity contribution in [3.63, 3.8) is 0 Å². The molecule has 0 bridgehead atoms. The number of carbonyl (C=O) groups is 1. The molecule has 0 amide bonds. The lowest BCUT2D eigenvalue weighted by Crippen LogP contribution is -2.19. The number of aryl methyl sites for hydroxylation is 1. The average Bonchev–Trinajstić information content (AvgIpc) is 2.36. The van der Waals surface area contributed by atoms with Crippen molar-refractivity contribution in [2.24, 2.45) is 5.14 Å². The second kappa shape index (κ2) is 6.16. The molecule has 6 heteroatoms. The number of hydrogen-bond donors (Lipinski definition) is 1. The molecule has 0 saturated heterocycles. The zero-order valence-corrected chi connectivity index (χ0v) is 12.2. The Kier molecular flexibility index (Phi) is 5.08. The van der Waals surface area contributed by atoms with E-state index in [0.29, 0.717) is 24.0 Å². The van der Waals surface area contributed by atoms with Crippen LogP contribution in [0.25, 0.3) is 0 Å². The summed E-state index contributed by atoms with van der Waals surface area (Å²) in [4.78, 5) is 11.8. The molecular weight excluding hydrogens is 266 g/mol. The van der Waals surface area contributed by atoms with E-state index in [2.05, 4.69) is 4.74 Å². The number of primary sulfonamides is 1. The molecule has 5 nitrogen and oxygen atoms in total. The lowest BCUT2D eigenvalue weighted by atomic mass is 9.99. The van der Waals surface area contributed by atoms with E-state index in [1.165, 1.54) is 7.11 Å². The Morgan fingerprint density at radius 2 is 1.95 bits per heavy atom. The van der Waals surface area contributed by atoms with Crippen LogP contribution in [0.1, 0.15) is 41.8 Å². The van der Waals surface area contributed by atoms with Crippen LogP contribution in [0.4, 0.5) is 0 Å². The summed E-state index contributed by atoms with van der Waals surface area (Å²) < 4.78 is 28.3. The summed E-state index contributed by atoms with van der Waals surface area (Å²) in [6.45, 7) is 3.74. The van der Waals surface area contributed by atoms with Crippen molar-refractivity contribution >= 4 is 16.0 Å². The van der Waals surface area contributed by atoms with Gasteiger partial charge in [0.25, 0.3) is 0 Å². The van der Waals surface area contributed by atoms with E-state index in [4.69, 9.17) is 5.14 Å². The minimum Gasteiger partial charge on any atom is -0.465 e. The van der Waals surface area contributed by atoms with Gasteiger partial charge in [0.2, 0.25) is 10.0 Å². The molecule has 1 aromatic carbocycles. The van der Waals surface area contributed by atoms with E-state index < -0.39 is 16.0 Å². The van der Waals surface area contributed by atoms with Crippen LogP contribution in [0.5, 0.6) is 0 Å². The quantitative estimate of drug-likeness (QED) is 0.833. The molecular formula is C13H19NO4S. The summed E-state index contributed by atoms with van der Waals surface area (Å²) in [5.74, 6) is -0.551. The smallest absolute Gasteiger partial charge is 0.338 e. The van der Waals surface area contributed by atoms with E-state index >= 15 is 0 Å². The molecule has 1 rings (SSSR count). The first-order chi connectivity index (χ1) is 8.86. The third-order valence-corrected chi connectivity index (χ3v) is 3.98. The molecule has 0 unspecified atom stereocenters. The van der Waals surface area contributed by atoms with Crippen molar-refractivity contribution in [3.8, 4) is 0 Å². The Balaban J connectivity index is 3.64. The molecule has 106 valence electrons. The minimum absolute atomic E-state index is 0.0692. The molecule has 1 aromatic rings. The summed E-state index contributed by atoms with van der Waals surface area (Å²) in [5.41, 5.74) is 1.34. The maximum Gasteiger partial charge on any atom is 0.338 e. The van der Waals surface area contributed by atoms with Gasteiger partial charge in [-0.25, -0.2) is 18.4 Å². The third kappa shape index (κ3) is 3.33. The van der Waals surface area contributed by atoms with Crippen LogP contribution < -0.4 is 5.14 Å². The van der Waals surface area contributed by atoms with Crippen LogP contribution in [0.3, 0.4) is 0 Å². The predicted octanol–water partition coefficient (Wildman–Crippen LogP) is 1.64. The van der Waals surface area contributed by atoms with E-state index in [-0.39, 0.29) is 10.5 Å². The fourth-order valence-corrected chi connectivity index (χ4v) is 3.28. The largest absolute Gasteiger partial charge is 0.465 e. The third-order valence-electron chi connectivity index (χ3n) is 2.90. The number of carbonyl (C=O) groups excluding carboxylic acids is 1. The number of benzene rings is 1. The van der Waals surface area contributed by atoms with Crippen LogP contribution in [0.15, 0.2) is 17.0 Å². The molecule has 0 radical (unpaired) electrons. The Bertz CT molecular complexity index is 579. The van der Waals surface area contributed by atoms with Gasteiger partial charge in [-0.1, -0.05) is 26.3 Å². The average molecular weight is 285 g/mol. The summed E-state index contributed by atoms with van der Waals surface area (Å²) in [6, 6.07) is 3.24. The van der Waals surface area contributed by atoms with E-state index in [9.17, 15) is 13.2 Å². The fourth-order valence-electron chi connectivity index (χ4n) is 2.15. The van der Waals surface area contributed by atoms with Crippen LogP contribution in [0.2, 0.25) is 0 Å². The highest BCUT2D eigenvalue weighted by atomic mass is 32.2. The first kappa shape index (κ1) is 15.7. The second-order valence-corrected chi connectivity index (χ2v) is 5.72. The van der Waals surface area contributed by atoms with E-state index in [1.807, 2.05) is 6.92 Å². The van der Waals surface area contributed by atoms with Gasteiger partial charge in [0.1, 0.15) is 0 Å². The van der Waals surface area contributed by atoms with Gasteiger partial charge >= 0.3 is 5.97 Å². The number of sulfonamides is 1. The van der Waals surface area contributed by atoms with Gasteiger partial charge in [0.15, 0.2) is 0 Å². The summed E-state index contributed by atoms with van der Waals surface area (Å²) in [5, 5.41) is 5.29. The molecule has 2 N–H and O–H groups in total. The fraction of sp³-hybridized carbons (Fsp3) is 0.462. The van der Waals surface area contributed by atoms with Gasteiger partial charge < -0.3 is 4.74 Å². The first-order valence-corrected chi connectivity index (χ1v) is 7.67. The Hall–Kier alpha value is -1.40. The molecule has 0 aliphatic heterocycles. The van der Waals surface area contributed by atoms with Gasteiger partial charge in [-0.15, -0.1) is 0 Å². The zero-order chi connectivity index (χ0) is 14.6. The van der Waals surface area contributed by atoms with Crippen molar-refractivity contribution in [2.45, 2.75) is 38.0 Å². The lowest BCUT2D eigenvalue weighted by Gasteiger charge is -2.15. The summed E-state index contributed by atoms with van der Waals surface area (Å²) >= 11 is 0. The maximum atomic E-state index is 11.8. The molecule has 0 aliphatic rings. The van der Waals surface area contributed by atoms with Crippen LogP contribution in [-0.4, -0.2) is 21.5 Å². The molecule has 0 saturated carbocycles. The highest BCUT2D eigenvalue weighted by Crippen LogP contribution is 2.25. The lowest BCUT2D eigenvalue weighted by molar-refractivity contribution is 0.0599. The summed E-state index contributed by atoms with van der Waals surface area (Å²) in [7, 11) is -2.61. The molecule has 0 spiro atoms. The first-order valence-electron chi connectivity index (χ1n) is 6.12. The summed E-state index contributed by atoms with van der Waals surface area (Å²) in [6.07, 6.45) is 1.79. The normalized spacial score (nSPS) is 11.4. The molecule has 0 fully saturated rings. The number of rotatable bonds is 5. The minimum atomic E-state index is -3.87. The number of methoxy groups -OCH3 is 1. The Labute approximate surface area is 113 Å². The highest BCUT2D eigenvalue weighted by molar-refractivity contribution is 7.89. The standard InChI is InChI=1S/C13H19NO4S/c1-4-6-9-7-8-11(13(15)18-3)10(5-2)12(9)19(14,16)17/h7-8H,4-6H2,1-3H3,(H2,14,16,17). The maximum absolute atomic E-state index is 11.8. The second-order valence-electron chi connectivity index (χ2n) is 4.22. The predicted molar refractivity (Wildman–Crippen MR) is 72.5 cm³/mol. The van der Waals surface area contributed by atoms with Crippen molar-refractivity contribution in [2.75, 3.05) is 7.11 Å². The van der Waals surface area contributed by atoms with E-state index in [0.717, 1.165) is 6.42 Å². The topological polar surface area (TPSA) is 86.5 Å². The van der Waals surface area contributed by atoms with E-state index in [1.54, 1.807) is 19.1 Å². The van der Waals surface area contributed by atoms with Crippen molar-refractivity contribution in [3.05, 3.63) is 28.8 Å². The van der Waals surface area contributed by atoms with Crippen LogP contribution in [0, 0.1) is 0 Å². The molecule has 0 heterocycles. The van der Waals surface area contributed by atoms with Crippen molar-refractivity contribution in [1.82, 2.24) is 0 Å². The number of ether oxygens (including phenoxy) is 1. The van der Waals surface area contributed by atoms with Crippen molar-refractivity contribution in [1.29, 1.82) is 0 Å². The van der Waals surface area contributed by atoms with Crippen LogP contribution >= 0.6 is 0 Å². The molecule has 19 heavy (non-hydrogen) atoms. The number of esters is 1. The van der Waals surface area contributed by atoms with Gasteiger partial charge in [-0.05, 0) is 30.0 Å². The van der Waals surface area contributed by atoms with Gasteiger partial charge in [0.05, 0.1) is 17.6 Å². The van der Waals surface area contributed by atoms with Gasteiger partial charge in [-0.3, -0.25) is 0 Å². The molecule has 0 aromatic heterocycles. The molecule has 0 aliphatic carbocycles. The SMILES string of the molecule is CCCc1ccc(C(=O)OC)c(CC)c1S(N)(=O)=O. The highest BCUT2D eigenvalue weighted by Gasteiger charge is 2.23. The Morgan fingerprint density at radius 1 is 1.32 bits per heavy atom. The number of nitrogens with two attached hydrogens (primary N) is 1. The van der Waals surface area contributed by atoms with Gasteiger partial charge in [0, 0.05) is 0 Å². The van der Waals surface area contributed by atoms with Crippen molar-refractivity contribution < 1.29 is 17.9 Å². The van der Waals surface area contributed by atoms with Gasteiger partial charge in [-0.2, -0.15) is 0 Å². The number of hydrogen-bond acceptors (Lipinski definition) is 4. The Morgan fingerprint density at radius 3 is 2.37 bits per heavy atom. The zero-order valence-electron chi connectivity index (χ0n) is 11.4. The monoisotopic (exact) mass is 285 g/mol. The molecule has 0 atom stereocenters. The van der Waals surface area contributed by atoms with Crippen LogP contribution in [-0.2, 0) is 27.6 Å².